The average Bonchev–Trinajstić information content (AvgIpc) is 3.30. The number of rotatable bonds is 8. The summed E-state index contributed by atoms with van der Waals surface area (Å²) in [6.07, 6.45) is 6.53. The van der Waals surface area contributed by atoms with Crippen LogP contribution in [0, 0.1) is 0 Å². The number of hydrogen-bond donors (Lipinski definition) is 3. The second-order valence-electron chi connectivity index (χ2n) is 6.34. The summed E-state index contributed by atoms with van der Waals surface area (Å²) in [5.74, 6) is 5.22. The summed E-state index contributed by atoms with van der Waals surface area (Å²) in [6.45, 7) is 0.390. The van der Waals surface area contributed by atoms with E-state index in [9.17, 15) is 4.79 Å². The molecule has 0 aromatic carbocycles. The summed E-state index contributed by atoms with van der Waals surface area (Å²) in [7, 11) is 5.49. The monoisotopic (exact) mass is 401 g/mol. The summed E-state index contributed by atoms with van der Waals surface area (Å²) < 4.78 is 4.47. The molecule has 11 heteroatoms. The van der Waals surface area contributed by atoms with Crippen molar-refractivity contribution < 1.29 is 4.79 Å². The third kappa shape index (κ3) is 4.05. The van der Waals surface area contributed by atoms with Crippen LogP contribution in [0.1, 0.15) is 26.8 Å². The van der Waals surface area contributed by atoms with Crippen LogP contribution < -0.4 is 17.0 Å². The number of fused-ring (bicyclic) bond motifs is 1. The minimum atomic E-state index is 0.390. The summed E-state index contributed by atoms with van der Waals surface area (Å²) in [4.78, 5) is 16.3. The molecule has 148 valence electrons. The number of nitrogens with zero attached hydrogens (tertiary/aromatic N) is 6. The molecule has 28 heavy (non-hydrogen) atoms. The Morgan fingerprint density at radius 2 is 2.25 bits per heavy atom. The molecule has 0 saturated heterocycles. The van der Waals surface area contributed by atoms with E-state index in [2.05, 4.69) is 15.6 Å². The summed E-state index contributed by atoms with van der Waals surface area (Å²) in [6, 6.07) is 1.97. The quantitative estimate of drug-likeness (QED) is 0.214. The normalized spacial score (nSPS) is 12.2. The number of likely N-dealkylation sites (N-methyl/N-ethyl adjacent to an activating group) is 1. The van der Waals surface area contributed by atoms with Crippen molar-refractivity contribution in [2.24, 2.45) is 30.8 Å². The fourth-order valence-electron chi connectivity index (χ4n) is 2.84. The average molecular weight is 402 g/mol. The Balaban J connectivity index is 1.90. The number of hydrazine groups is 1. The second-order valence-corrected chi connectivity index (χ2v) is 7.42. The molecule has 0 saturated carbocycles. The van der Waals surface area contributed by atoms with Gasteiger partial charge in [-0.15, -0.1) is 11.3 Å². The van der Waals surface area contributed by atoms with Crippen molar-refractivity contribution in [2.75, 3.05) is 13.6 Å². The van der Waals surface area contributed by atoms with Gasteiger partial charge in [0.1, 0.15) is 5.01 Å². The van der Waals surface area contributed by atoms with Crippen LogP contribution in [0.4, 0.5) is 0 Å². The molecular weight excluding hydrogens is 378 g/mol. The zero-order chi connectivity index (χ0) is 20.3. The van der Waals surface area contributed by atoms with E-state index in [0.29, 0.717) is 24.4 Å². The topological polar surface area (TPSA) is 132 Å². The minimum absolute atomic E-state index is 0.390. The molecule has 3 aromatic rings. The highest BCUT2D eigenvalue weighted by Crippen LogP contribution is 2.30. The van der Waals surface area contributed by atoms with E-state index in [1.165, 1.54) is 17.5 Å². The number of carbonyl (C=O) groups is 1. The number of nitrogens with two attached hydrogens (primary N) is 2. The fourth-order valence-corrected chi connectivity index (χ4v) is 3.97. The first-order valence-electron chi connectivity index (χ1n) is 8.50. The molecule has 0 aliphatic heterocycles. The van der Waals surface area contributed by atoms with E-state index in [1.807, 2.05) is 26.4 Å². The highest BCUT2D eigenvalue weighted by Gasteiger charge is 2.19. The van der Waals surface area contributed by atoms with Crippen LogP contribution in [0.25, 0.3) is 10.3 Å². The first kappa shape index (κ1) is 19.6. The van der Waals surface area contributed by atoms with Gasteiger partial charge in [0.25, 0.3) is 0 Å². The Kier molecular flexibility index (Phi) is 5.76. The SMILES string of the molecule is CN(C/C(N)=C/NN)/N=C\c1c(C=O)n(C)c2nc(Cc3ccn(C)n3)sc12. The Morgan fingerprint density at radius 3 is 2.89 bits per heavy atom. The lowest BCUT2D eigenvalue weighted by atomic mass is 10.3. The minimum Gasteiger partial charge on any atom is -0.399 e. The van der Waals surface area contributed by atoms with E-state index >= 15 is 0 Å². The third-order valence-electron chi connectivity index (χ3n) is 4.13. The molecule has 3 heterocycles. The number of aromatic nitrogens is 4. The van der Waals surface area contributed by atoms with Crippen molar-refractivity contribution in [1.82, 2.24) is 29.8 Å². The molecule has 0 bridgehead atoms. The smallest absolute Gasteiger partial charge is 0.167 e. The van der Waals surface area contributed by atoms with E-state index in [1.54, 1.807) is 27.5 Å². The van der Waals surface area contributed by atoms with Crippen LogP contribution in [0.2, 0.25) is 0 Å². The van der Waals surface area contributed by atoms with Crippen molar-refractivity contribution in [3.8, 4) is 0 Å². The van der Waals surface area contributed by atoms with Gasteiger partial charge in [0.15, 0.2) is 11.9 Å². The van der Waals surface area contributed by atoms with E-state index in [-0.39, 0.29) is 0 Å². The molecule has 3 rings (SSSR count). The van der Waals surface area contributed by atoms with Crippen molar-refractivity contribution in [3.63, 3.8) is 0 Å². The number of aldehydes is 1. The van der Waals surface area contributed by atoms with Gasteiger partial charge in [-0.1, -0.05) is 0 Å². The molecule has 0 aliphatic carbocycles. The lowest BCUT2D eigenvalue weighted by molar-refractivity contribution is 0.111. The van der Waals surface area contributed by atoms with Gasteiger partial charge in [-0.2, -0.15) is 10.2 Å². The maximum atomic E-state index is 11.6. The molecule has 0 unspecified atom stereocenters. The number of hydrogen-bond acceptors (Lipinski definition) is 9. The van der Waals surface area contributed by atoms with Gasteiger partial charge in [-0.3, -0.25) is 20.3 Å². The maximum absolute atomic E-state index is 11.6. The standard InChI is InChI=1S/C17H23N9OS/c1-24-5-4-12(23-24)6-15-22-17-16(28-15)13(14(10-27)26(17)3)8-21-25(2)9-11(18)7-20-19/h4-5,7-8,10,20H,6,9,18-19H2,1-3H3/b11-7-,21-8-. The van der Waals surface area contributed by atoms with Gasteiger partial charge in [0.2, 0.25) is 0 Å². The Morgan fingerprint density at radius 1 is 1.46 bits per heavy atom. The highest BCUT2D eigenvalue weighted by molar-refractivity contribution is 7.19. The molecule has 0 aliphatic rings. The molecule has 0 atom stereocenters. The summed E-state index contributed by atoms with van der Waals surface area (Å²) in [5.41, 5.74) is 11.7. The molecule has 0 amide bonds. The lowest BCUT2D eigenvalue weighted by Gasteiger charge is -2.12. The number of carbonyl (C=O) groups excluding carboxylic acids is 1. The number of aryl methyl sites for hydroxylation is 2. The molecule has 0 fully saturated rings. The number of thiazole rings is 1. The van der Waals surface area contributed by atoms with Gasteiger partial charge in [0, 0.05) is 51.2 Å². The third-order valence-corrected chi connectivity index (χ3v) is 5.21. The first-order valence-corrected chi connectivity index (χ1v) is 9.32. The summed E-state index contributed by atoms with van der Waals surface area (Å²) in [5, 5.41) is 11.4. The van der Waals surface area contributed by atoms with Crippen molar-refractivity contribution in [3.05, 3.63) is 46.1 Å². The van der Waals surface area contributed by atoms with Crippen LogP contribution in [0.15, 0.2) is 29.3 Å². The predicted molar refractivity (Wildman–Crippen MR) is 110 cm³/mol. The van der Waals surface area contributed by atoms with Crippen LogP contribution in [0.3, 0.4) is 0 Å². The van der Waals surface area contributed by atoms with Gasteiger partial charge >= 0.3 is 0 Å². The number of nitrogens with one attached hydrogen (secondary N) is 1. The molecule has 5 N–H and O–H groups in total. The highest BCUT2D eigenvalue weighted by atomic mass is 32.1. The largest absolute Gasteiger partial charge is 0.399 e. The van der Waals surface area contributed by atoms with E-state index in [0.717, 1.165) is 32.9 Å². The van der Waals surface area contributed by atoms with Gasteiger partial charge in [-0.25, -0.2) is 4.98 Å². The van der Waals surface area contributed by atoms with E-state index < -0.39 is 0 Å². The zero-order valence-electron chi connectivity index (χ0n) is 16.0. The lowest BCUT2D eigenvalue weighted by Crippen LogP contribution is -2.23. The van der Waals surface area contributed by atoms with Crippen LogP contribution in [0.5, 0.6) is 0 Å². The number of hydrazone groups is 1. The maximum Gasteiger partial charge on any atom is 0.167 e. The van der Waals surface area contributed by atoms with Crippen LogP contribution in [-0.4, -0.2) is 50.4 Å². The molecule has 3 aromatic heterocycles. The molecule has 10 nitrogen and oxygen atoms in total. The van der Waals surface area contributed by atoms with Crippen LogP contribution in [-0.2, 0) is 20.5 Å². The predicted octanol–water partition coefficient (Wildman–Crippen LogP) is 0.301. The molecule has 0 spiro atoms. The van der Waals surface area contributed by atoms with Crippen molar-refractivity contribution in [1.29, 1.82) is 0 Å². The van der Waals surface area contributed by atoms with Gasteiger partial charge in [-0.05, 0) is 6.07 Å². The van der Waals surface area contributed by atoms with Crippen molar-refractivity contribution in [2.45, 2.75) is 6.42 Å². The summed E-state index contributed by atoms with van der Waals surface area (Å²) >= 11 is 1.54. The second kappa shape index (κ2) is 8.23. The van der Waals surface area contributed by atoms with Crippen molar-refractivity contribution >= 4 is 34.2 Å². The zero-order valence-corrected chi connectivity index (χ0v) is 16.8. The van der Waals surface area contributed by atoms with Crippen LogP contribution >= 0.6 is 11.3 Å². The van der Waals surface area contributed by atoms with E-state index in [4.69, 9.17) is 16.6 Å². The van der Waals surface area contributed by atoms with Gasteiger partial charge < -0.3 is 15.7 Å². The Hall–Kier alpha value is -3.18. The van der Waals surface area contributed by atoms with Gasteiger partial charge in [0.05, 0.1) is 28.8 Å². The first-order chi connectivity index (χ1) is 13.4. The Labute approximate surface area is 166 Å². The fraction of sp³-hybridized carbons (Fsp3) is 0.294. The molecular formula is C17H23N9OS. The molecule has 0 radical (unpaired) electrons. The Bertz CT molecular complexity index is 1040.